The Morgan fingerprint density at radius 1 is 1.16 bits per heavy atom. The van der Waals surface area contributed by atoms with E-state index in [-0.39, 0.29) is 0 Å². The molecule has 1 saturated heterocycles. The summed E-state index contributed by atoms with van der Waals surface area (Å²) in [5.74, 6) is 0. The molecule has 2 rings (SSSR count). The van der Waals surface area contributed by atoms with Crippen LogP contribution in [0.3, 0.4) is 0 Å². The molecule has 1 unspecified atom stereocenters. The summed E-state index contributed by atoms with van der Waals surface area (Å²) >= 11 is 0. The predicted octanol–water partition coefficient (Wildman–Crippen LogP) is 2.16. The molecule has 0 radical (unpaired) electrons. The first kappa shape index (κ1) is 14.4. The molecule has 1 aliphatic heterocycles. The molecule has 0 bridgehead atoms. The van der Waals surface area contributed by atoms with E-state index in [0.29, 0.717) is 6.04 Å². The fourth-order valence-corrected chi connectivity index (χ4v) is 2.98. The molecule has 0 aliphatic carbocycles. The lowest BCUT2D eigenvalue weighted by Gasteiger charge is -2.40. The Bertz CT molecular complexity index is 404. The van der Waals surface area contributed by atoms with Gasteiger partial charge in [0.25, 0.3) is 0 Å². The van der Waals surface area contributed by atoms with Crippen molar-refractivity contribution in [2.24, 2.45) is 5.73 Å². The number of hydrogen-bond acceptors (Lipinski definition) is 3. The molecule has 3 nitrogen and oxygen atoms in total. The van der Waals surface area contributed by atoms with Crippen molar-refractivity contribution in [3.05, 3.63) is 29.3 Å². The van der Waals surface area contributed by atoms with Crippen LogP contribution in [0.4, 0.5) is 5.69 Å². The second kappa shape index (κ2) is 6.40. The summed E-state index contributed by atoms with van der Waals surface area (Å²) in [6.45, 7) is 11.9. The van der Waals surface area contributed by atoms with E-state index in [1.165, 1.54) is 16.8 Å². The van der Waals surface area contributed by atoms with Gasteiger partial charge in [0.2, 0.25) is 0 Å². The summed E-state index contributed by atoms with van der Waals surface area (Å²) < 4.78 is 0. The van der Waals surface area contributed by atoms with Crippen molar-refractivity contribution in [3.8, 4) is 0 Å². The molecular weight excluding hydrogens is 234 g/mol. The highest BCUT2D eigenvalue weighted by molar-refractivity contribution is 5.56. The Morgan fingerprint density at radius 2 is 1.84 bits per heavy atom. The van der Waals surface area contributed by atoms with E-state index in [1.54, 1.807) is 0 Å². The van der Waals surface area contributed by atoms with Gasteiger partial charge in [0.1, 0.15) is 0 Å². The molecule has 1 aliphatic rings. The summed E-state index contributed by atoms with van der Waals surface area (Å²) in [6.07, 6.45) is 1.15. The number of nitrogens with two attached hydrogens (primary N) is 1. The minimum absolute atomic E-state index is 0.556. The van der Waals surface area contributed by atoms with Gasteiger partial charge in [0, 0.05) is 44.5 Å². The van der Waals surface area contributed by atoms with E-state index >= 15 is 0 Å². The zero-order valence-electron chi connectivity index (χ0n) is 12.5. The first-order chi connectivity index (χ1) is 9.17. The number of piperazine rings is 1. The molecule has 0 amide bonds. The standard InChI is InChI=1S/C16H27N3/c1-4-15(12-17)18-8-10-19(11-9-18)16-7-5-6-13(2)14(16)3/h5-7,15H,4,8-12,17H2,1-3H3. The van der Waals surface area contributed by atoms with Crippen LogP contribution in [0.25, 0.3) is 0 Å². The van der Waals surface area contributed by atoms with Crippen LogP contribution < -0.4 is 10.6 Å². The molecule has 1 fully saturated rings. The molecule has 1 aromatic rings. The van der Waals surface area contributed by atoms with Crippen LogP contribution >= 0.6 is 0 Å². The van der Waals surface area contributed by atoms with Crippen LogP contribution in [0.1, 0.15) is 24.5 Å². The maximum atomic E-state index is 5.85. The Hall–Kier alpha value is -1.06. The minimum Gasteiger partial charge on any atom is -0.369 e. The zero-order chi connectivity index (χ0) is 13.8. The molecule has 19 heavy (non-hydrogen) atoms. The average molecular weight is 261 g/mol. The maximum Gasteiger partial charge on any atom is 0.0399 e. The molecule has 2 N–H and O–H groups in total. The number of benzene rings is 1. The normalized spacial score (nSPS) is 18.6. The van der Waals surface area contributed by atoms with Crippen LogP contribution in [-0.2, 0) is 0 Å². The van der Waals surface area contributed by atoms with Gasteiger partial charge in [0.05, 0.1) is 0 Å². The fraction of sp³-hybridized carbons (Fsp3) is 0.625. The zero-order valence-corrected chi connectivity index (χ0v) is 12.5. The van der Waals surface area contributed by atoms with Crippen LogP contribution in [0, 0.1) is 13.8 Å². The molecule has 1 aromatic carbocycles. The SMILES string of the molecule is CCC(CN)N1CCN(c2cccc(C)c2C)CC1. The maximum absolute atomic E-state index is 5.85. The Balaban J connectivity index is 2.02. The second-order valence-corrected chi connectivity index (χ2v) is 5.54. The van der Waals surface area contributed by atoms with Gasteiger partial charge in [-0.25, -0.2) is 0 Å². The Morgan fingerprint density at radius 3 is 2.42 bits per heavy atom. The number of anilines is 1. The van der Waals surface area contributed by atoms with Gasteiger partial charge in [-0.15, -0.1) is 0 Å². The lowest BCUT2D eigenvalue weighted by molar-refractivity contribution is 0.184. The fourth-order valence-electron chi connectivity index (χ4n) is 2.98. The highest BCUT2D eigenvalue weighted by Gasteiger charge is 2.22. The van der Waals surface area contributed by atoms with Gasteiger partial charge in [-0.3, -0.25) is 4.90 Å². The largest absolute Gasteiger partial charge is 0.369 e. The van der Waals surface area contributed by atoms with Crippen molar-refractivity contribution < 1.29 is 0 Å². The monoisotopic (exact) mass is 261 g/mol. The van der Waals surface area contributed by atoms with Crippen LogP contribution in [0.5, 0.6) is 0 Å². The molecule has 3 heteroatoms. The van der Waals surface area contributed by atoms with Crippen LogP contribution in [0.15, 0.2) is 18.2 Å². The third kappa shape index (κ3) is 3.10. The van der Waals surface area contributed by atoms with Crippen molar-refractivity contribution >= 4 is 5.69 Å². The van der Waals surface area contributed by atoms with Crippen molar-refractivity contribution in [1.29, 1.82) is 0 Å². The first-order valence-corrected chi connectivity index (χ1v) is 7.42. The highest BCUT2D eigenvalue weighted by atomic mass is 15.3. The average Bonchev–Trinajstić information content (AvgIpc) is 2.44. The first-order valence-electron chi connectivity index (χ1n) is 7.42. The molecular formula is C16H27N3. The van der Waals surface area contributed by atoms with Gasteiger partial charge in [-0.05, 0) is 37.5 Å². The number of hydrogen-bond donors (Lipinski definition) is 1. The van der Waals surface area contributed by atoms with Gasteiger partial charge < -0.3 is 10.6 Å². The number of nitrogens with zero attached hydrogens (tertiary/aromatic N) is 2. The van der Waals surface area contributed by atoms with E-state index in [1.807, 2.05) is 0 Å². The molecule has 106 valence electrons. The van der Waals surface area contributed by atoms with Crippen molar-refractivity contribution in [3.63, 3.8) is 0 Å². The van der Waals surface area contributed by atoms with Gasteiger partial charge in [-0.2, -0.15) is 0 Å². The summed E-state index contributed by atoms with van der Waals surface area (Å²) in [6, 6.07) is 7.16. The Labute approximate surface area is 117 Å². The summed E-state index contributed by atoms with van der Waals surface area (Å²) in [4.78, 5) is 5.06. The number of aryl methyl sites for hydroxylation is 1. The highest BCUT2D eigenvalue weighted by Crippen LogP contribution is 2.24. The predicted molar refractivity (Wildman–Crippen MR) is 82.8 cm³/mol. The quantitative estimate of drug-likeness (QED) is 0.901. The third-order valence-electron chi connectivity index (χ3n) is 4.49. The minimum atomic E-state index is 0.556. The van der Waals surface area contributed by atoms with E-state index < -0.39 is 0 Å². The van der Waals surface area contributed by atoms with E-state index in [2.05, 4.69) is 48.8 Å². The lowest BCUT2D eigenvalue weighted by Crippen LogP contribution is -2.52. The van der Waals surface area contributed by atoms with E-state index in [4.69, 9.17) is 5.73 Å². The third-order valence-corrected chi connectivity index (χ3v) is 4.49. The van der Waals surface area contributed by atoms with Crippen molar-refractivity contribution in [2.75, 3.05) is 37.6 Å². The van der Waals surface area contributed by atoms with Crippen molar-refractivity contribution in [2.45, 2.75) is 33.2 Å². The van der Waals surface area contributed by atoms with Gasteiger partial charge >= 0.3 is 0 Å². The van der Waals surface area contributed by atoms with E-state index in [9.17, 15) is 0 Å². The molecule has 1 atom stereocenters. The summed E-state index contributed by atoms with van der Waals surface area (Å²) in [5.41, 5.74) is 10.1. The van der Waals surface area contributed by atoms with Crippen molar-refractivity contribution in [1.82, 2.24) is 4.90 Å². The summed E-state index contributed by atoms with van der Waals surface area (Å²) in [5, 5.41) is 0. The molecule has 0 aromatic heterocycles. The second-order valence-electron chi connectivity index (χ2n) is 5.54. The molecule has 1 heterocycles. The Kier molecular flexibility index (Phi) is 4.83. The van der Waals surface area contributed by atoms with Gasteiger partial charge in [0.15, 0.2) is 0 Å². The number of rotatable bonds is 4. The smallest absolute Gasteiger partial charge is 0.0399 e. The molecule has 0 spiro atoms. The molecule has 0 saturated carbocycles. The van der Waals surface area contributed by atoms with Crippen LogP contribution in [-0.4, -0.2) is 43.7 Å². The topological polar surface area (TPSA) is 32.5 Å². The van der Waals surface area contributed by atoms with Gasteiger partial charge in [-0.1, -0.05) is 19.1 Å². The lowest BCUT2D eigenvalue weighted by atomic mass is 10.1. The van der Waals surface area contributed by atoms with E-state index in [0.717, 1.165) is 39.1 Å². The summed E-state index contributed by atoms with van der Waals surface area (Å²) in [7, 11) is 0. The van der Waals surface area contributed by atoms with Crippen LogP contribution in [0.2, 0.25) is 0 Å².